The first-order chi connectivity index (χ1) is 14.0. The first-order valence-corrected chi connectivity index (χ1v) is 9.37. The summed E-state index contributed by atoms with van der Waals surface area (Å²) in [6.07, 6.45) is 4.49. The predicted octanol–water partition coefficient (Wildman–Crippen LogP) is 3.25. The number of halogens is 2. The molecule has 2 N–H and O–H groups in total. The summed E-state index contributed by atoms with van der Waals surface area (Å²) < 4.78 is 27.2. The van der Waals surface area contributed by atoms with Crippen molar-refractivity contribution in [2.45, 2.75) is 12.8 Å². The fourth-order valence-corrected chi connectivity index (χ4v) is 3.51. The average Bonchev–Trinajstić information content (AvgIpc) is 2.67. The highest BCUT2D eigenvalue weighted by molar-refractivity contribution is 5.81. The van der Waals surface area contributed by atoms with Gasteiger partial charge in [-0.05, 0) is 54.3 Å². The number of carbonyl (C=O) groups excluding carboxylic acids is 1. The Morgan fingerprint density at radius 1 is 1.10 bits per heavy atom. The Labute approximate surface area is 167 Å². The van der Waals surface area contributed by atoms with Crippen LogP contribution < -0.4 is 5.73 Å². The molecule has 4 rings (SSSR count). The zero-order valence-corrected chi connectivity index (χ0v) is 15.7. The van der Waals surface area contributed by atoms with Crippen LogP contribution in [0.5, 0.6) is 0 Å². The van der Waals surface area contributed by atoms with Gasteiger partial charge in [0.05, 0.1) is 23.5 Å². The molecule has 1 saturated heterocycles. The first kappa shape index (κ1) is 19.0. The fraction of sp³-hybridized carbons (Fsp3) is 0.227. The second-order valence-electron chi connectivity index (χ2n) is 7.26. The van der Waals surface area contributed by atoms with Crippen LogP contribution in [-0.2, 0) is 17.6 Å². The van der Waals surface area contributed by atoms with Gasteiger partial charge in [-0.25, -0.2) is 8.78 Å². The van der Waals surface area contributed by atoms with Gasteiger partial charge in [0.15, 0.2) is 0 Å². The maximum Gasteiger partial charge on any atom is 0.228 e. The van der Waals surface area contributed by atoms with Gasteiger partial charge in [0.2, 0.25) is 5.91 Å². The molecule has 1 aromatic carbocycles. The normalized spacial score (nSPS) is 13.9. The zero-order chi connectivity index (χ0) is 20.4. The van der Waals surface area contributed by atoms with Crippen molar-refractivity contribution in [3.63, 3.8) is 0 Å². The molecule has 3 heterocycles. The number of benzene rings is 1. The summed E-state index contributed by atoms with van der Waals surface area (Å²) in [6.45, 7) is 1.38. The third-order valence-corrected chi connectivity index (χ3v) is 5.12. The van der Waals surface area contributed by atoms with E-state index in [-0.39, 0.29) is 17.9 Å². The van der Waals surface area contributed by atoms with Crippen molar-refractivity contribution in [2.75, 3.05) is 18.8 Å². The van der Waals surface area contributed by atoms with Gasteiger partial charge in [-0.3, -0.25) is 14.8 Å². The van der Waals surface area contributed by atoms with Crippen molar-refractivity contribution >= 4 is 11.6 Å². The molecule has 0 spiro atoms. The molecular formula is C22H20F2N4O. The van der Waals surface area contributed by atoms with Crippen LogP contribution in [0.3, 0.4) is 0 Å². The van der Waals surface area contributed by atoms with E-state index in [4.69, 9.17) is 5.73 Å². The highest BCUT2D eigenvalue weighted by Gasteiger charge is 2.31. The lowest BCUT2D eigenvalue weighted by Crippen LogP contribution is -2.51. The second-order valence-corrected chi connectivity index (χ2v) is 7.26. The summed E-state index contributed by atoms with van der Waals surface area (Å²) in [7, 11) is 0. The number of nitrogens with zero attached hydrogens (tertiary/aromatic N) is 3. The van der Waals surface area contributed by atoms with Crippen molar-refractivity contribution in [3.05, 3.63) is 77.8 Å². The van der Waals surface area contributed by atoms with Crippen LogP contribution in [0, 0.1) is 17.6 Å². The van der Waals surface area contributed by atoms with Crippen molar-refractivity contribution in [3.8, 4) is 11.3 Å². The third-order valence-electron chi connectivity index (χ3n) is 5.12. The second kappa shape index (κ2) is 7.95. The summed E-state index contributed by atoms with van der Waals surface area (Å²) in [6, 6.07) is 10.4. The number of hydrogen-bond acceptors (Lipinski definition) is 4. The summed E-state index contributed by atoms with van der Waals surface area (Å²) in [4.78, 5) is 22.7. The number of likely N-dealkylation sites (tertiary alicyclic amines) is 1. The Balaban J connectivity index is 1.41. The van der Waals surface area contributed by atoms with Gasteiger partial charge in [0, 0.05) is 37.1 Å². The Hall–Kier alpha value is -3.35. The van der Waals surface area contributed by atoms with E-state index >= 15 is 0 Å². The molecular weight excluding hydrogens is 374 g/mol. The third kappa shape index (κ3) is 4.23. The maximum atomic E-state index is 14.1. The predicted molar refractivity (Wildman–Crippen MR) is 106 cm³/mol. The lowest BCUT2D eigenvalue weighted by atomic mass is 9.92. The molecule has 3 aromatic rings. The van der Waals surface area contributed by atoms with Crippen LogP contribution in [-0.4, -0.2) is 33.9 Å². The minimum Gasteiger partial charge on any atom is -0.397 e. The summed E-state index contributed by atoms with van der Waals surface area (Å²) in [5.74, 6) is -1.00. The molecule has 5 nitrogen and oxygen atoms in total. The smallest absolute Gasteiger partial charge is 0.228 e. The molecule has 0 radical (unpaired) electrons. The topological polar surface area (TPSA) is 72.1 Å². The number of aromatic nitrogens is 2. The SMILES string of the molecule is Nc1ccc(-c2ccc(F)cc2F)nc1CC(=O)N1CC(Cc2ccncc2)C1. The minimum atomic E-state index is -0.707. The minimum absolute atomic E-state index is 0.0461. The molecule has 0 bridgehead atoms. The van der Waals surface area contributed by atoms with Gasteiger partial charge in [-0.15, -0.1) is 0 Å². The lowest BCUT2D eigenvalue weighted by Gasteiger charge is -2.39. The van der Waals surface area contributed by atoms with E-state index in [0.717, 1.165) is 12.5 Å². The van der Waals surface area contributed by atoms with Gasteiger partial charge >= 0.3 is 0 Å². The van der Waals surface area contributed by atoms with Crippen LogP contribution in [0.4, 0.5) is 14.5 Å². The Morgan fingerprint density at radius 3 is 2.59 bits per heavy atom. The fourth-order valence-electron chi connectivity index (χ4n) is 3.51. The Morgan fingerprint density at radius 2 is 1.86 bits per heavy atom. The number of nitrogens with two attached hydrogens (primary N) is 1. The number of pyridine rings is 2. The van der Waals surface area contributed by atoms with Crippen LogP contribution >= 0.6 is 0 Å². The lowest BCUT2D eigenvalue weighted by molar-refractivity contribution is -0.136. The van der Waals surface area contributed by atoms with Gasteiger partial charge in [-0.1, -0.05) is 0 Å². The summed E-state index contributed by atoms with van der Waals surface area (Å²) in [5, 5.41) is 0. The number of hydrogen-bond donors (Lipinski definition) is 1. The number of anilines is 1. The molecule has 1 aliphatic rings. The van der Waals surface area contributed by atoms with Gasteiger partial charge in [0.1, 0.15) is 11.6 Å². The molecule has 1 amide bonds. The van der Waals surface area contributed by atoms with E-state index in [1.165, 1.54) is 17.7 Å². The molecule has 0 aliphatic carbocycles. The molecule has 0 saturated carbocycles. The molecule has 148 valence electrons. The number of carbonyl (C=O) groups is 1. The van der Waals surface area contributed by atoms with E-state index in [9.17, 15) is 13.6 Å². The van der Waals surface area contributed by atoms with E-state index < -0.39 is 11.6 Å². The van der Waals surface area contributed by atoms with Crippen LogP contribution in [0.2, 0.25) is 0 Å². The van der Waals surface area contributed by atoms with E-state index in [0.29, 0.717) is 36.1 Å². The molecule has 0 unspecified atom stereocenters. The molecule has 1 fully saturated rings. The molecule has 29 heavy (non-hydrogen) atoms. The molecule has 1 aliphatic heterocycles. The number of amides is 1. The van der Waals surface area contributed by atoms with Crippen molar-refractivity contribution in [1.82, 2.24) is 14.9 Å². The van der Waals surface area contributed by atoms with E-state index in [1.54, 1.807) is 29.4 Å². The van der Waals surface area contributed by atoms with Crippen molar-refractivity contribution < 1.29 is 13.6 Å². The van der Waals surface area contributed by atoms with Gasteiger partial charge in [0.25, 0.3) is 0 Å². The van der Waals surface area contributed by atoms with Crippen LogP contribution in [0.1, 0.15) is 11.3 Å². The van der Waals surface area contributed by atoms with Gasteiger partial charge < -0.3 is 10.6 Å². The Bertz CT molecular complexity index is 1040. The number of nitrogen functional groups attached to an aromatic ring is 1. The summed E-state index contributed by atoms with van der Waals surface area (Å²) in [5.41, 5.74) is 8.44. The largest absolute Gasteiger partial charge is 0.397 e. The van der Waals surface area contributed by atoms with Crippen molar-refractivity contribution in [1.29, 1.82) is 0 Å². The monoisotopic (exact) mass is 394 g/mol. The van der Waals surface area contributed by atoms with Crippen LogP contribution in [0.25, 0.3) is 11.3 Å². The standard InChI is InChI=1S/C22H20F2N4O/c23-16-1-2-17(18(24)10-16)20-4-3-19(25)21(27-20)11-22(29)28-12-15(13-28)9-14-5-7-26-8-6-14/h1-8,10,15H,9,11-13,25H2. The van der Waals surface area contributed by atoms with E-state index in [1.807, 2.05) is 12.1 Å². The van der Waals surface area contributed by atoms with Crippen molar-refractivity contribution in [2.24, 2.45) is 5.92 Å². The quantitative estimate of drug-likeness (QED) is 0.721. The van der Waals surface area contributed by atoms with Crippen LogP contribution in [0.15, 0.2) is 54.9 Å². The zero-order valence-electron chi connectivity index (χ0n) is 15.7. The van der Waals surface area contributed by atoms with E-state index in [2.05, 4.69) is 9.97 Å². The highest BCUT2D eigenvalue weighted by atomic mass is 19.1. The first-order valence-electron chi connectivity index (χ1n) is 9.37. The summed E-state index contributed by atoms with van der Waals surface area (Å²) >= 11 is 0. The van der Waals surface area contributed by atoms with Gasteiger partial charge in [-0.2, -0.15) is 0 Å². The molecule has 2 aromatic heterocycles. The molecule has 7 heteroatoms. The highest BCUT2D eigenvalue weighted by Crippen LogP contribution is 2.26. The number of rotatable bonds is 5. The average molecular weight is 394 g/mol. The Kier molecular flexibility index (Phi) is 5.20. The molecule has 0 atom stereocenters. The maximum absolute atomic E-state index is 14.1.